The fourth-order valence-corrected chi connectivity index (χ4v) is 3.16. The number of thiocarbonyl (C=S) groups is 1. The summed E-state index contributed by atoms with van der Waals surface area (Å²) >= 11 is 5.14. The summed E-state index contributed by atoms with van der Waals surface area (Å²) in [5.41, 5.74) is 0.563. The Labute approximate surface area is 179 Å². The van der Waals surface area contributed by atoms with Crippen LogP contribution in [0.4, 0.5) is 10.1 Å². The smallest absolute Gasteiger partial charge is 0.270 e. The van der Waals surface area contributed by atoms with Crippen LogP contribution in [0.2, 0.25) is 0 Å². The number of hydrogen-bond acceptors (Lipinski definition) is 5. The molecule has 2 amide bonds. The maximum Gasteiger partial charge on any atom is 0.270 e. The van der Waals surface area contributed by atoms with Crippen LogP contribution in [0.25, 0.3) is 6.08 Å². The van der Waals surface area contributed by atoms with Gasteiger partial charge < -0.3 is 9.47 Å². The lowest BCUT2D eigenvalue weighted by molar-refractivity contribution is -0.122. The van der Waals surface area contributed by atoms with Crippen LogP contribution in [0.1, 0.15) is 25.8 Å². The number of nitrogens with one attached hydrogen (secondary N) is 1. The molecule has 1 fully saturated rings. The molecule has 8 heteroatoms. The van der Waals surface area contributed by atoms with E-state index in [1.54, 1.807) is 18.2 Å². The summed E-state index contributed by atoms with van der Waals surface area (Å²) in [6.45, 7) is 3.89. The summed E-state index contributed by atoms with van der Waals surface area (Å²) in [6, 6.07) is 10.6. The van der Waals surface area contributed by atoms with E-state index in [1.807, 2.05) is 13.8 Å². The molecule has 30 heavy (non-hydrogen) atoms. The van der Waals surface area contributed by atoms with Gasteiger partial charge in [0.2, 0.25) is 0 Å². The molecule has 0 spiro atoms. The summed E-state index contributed by atoms with van der Waals surface area (Å²) in [6.07, 6.45) is 2.08. The van der Waals surface area contributed by atoms with Crippen LogP contribution < -0.4 is 19.7 Å². The molecule has 2 aromatic rings. The number of methoxy groups -OCH3 is 1. The Balaban J connectivity index is 2.07. The highest BCUT2D eigenvalue weighted by Crippen LogP contribution is 2.34. The van der Waals surface area contributed by atoms with Crippen LogP contribution in [0.5, 0.6) is 11.5 Å². The molecule has 1 unspecified atom stereocenters. The lowest BCUT2D eigenvalue weighted by Gasteiger charge is -2.29. The summed E-state index contributed by atoms with van der Waals surface area (Å²) in [5.74, 6) is -0.928. The van der Waals surface area contributed by atoms with Crippen LogP contribution in [0.3, 0.4) is 0 Å². The molecule has 3 rings (SSSR count). The first-order valence-electron chi connectivity index (χ1n) is 9.36. The van der Waals surface area contributed by atoms with Crippen molar-refractivity contribution in [1.29, 1.82) is 0 Å². The van der Waals surface area contributed by atoms with Gasteiger partial charge in [-0.15, -0.1) is 0 Å². The zero-order chi connectivity index (χ0) is 21.8. The molecule has 1 heterocycles. The van der Waals surface area contributed by atoms with Gasteiger partial charge in [0.25, 0.3) is 11.8 Å². The average molecular weight is 428 g/mol. The molecule has 1 atom stereocenters. The van der Waals surface area contributed by atoms with Crippen molar-refractivity contribution in [3.05, 3.63) is 59.4 Å². The predicted octanol–water partition coefficient (Wildman–Crippen LogP) is 3.84. The van der Waals surface area contributed by atoms with Gasteiger partial charge in [-0.25, -0.2) is 4.39 Å². The minimum absolute atomic E-state index is 0.106. The normalized spacial score (nSPS) is 16.5. The lowest BCUT2D eigenvalue weighted by atomic mass is 10.1. The number of para-hydroxylation sites is 1. The van der Waals surface area contributed by atoms with Gasteiger partial charge in [-0.05, 0) is 55.9 Å². The van der Waals surface area contributed by atoms with E-state index in [2.05, 4.69) is 5.32 Å². The van der Waals surface area contributed by atoms with E-state index in [1.165, 1.54) is 37.5 Å². The highest BCUT2D eigenvalue weighted by Gasteiger charge is 2.35. The summed E-state index contributed by atoms with van der Waals surface area (Å²) in [7, 11) is 1.51. The van der Waals surface area contributed by atoms with Crippen LogP contribution in [-0.2, 0) is 9.59 Å². The first-order chi connectivity index (χ1) is 14.3. The van der Waals surface area contributed by atoms with Crippen molar-refractivity contribution in [1.82, 2.24) is 5.32 Å². The van der Waals surface area contributed by atoms with E-state index in [-0.39, 0.29) is 22.5 Å². The van der Waals surface area contributed by atoms with E-state index >= 15 is 0 Å². The lowest BCUT2D eigenvalue weighted by Crippen LogP contribution is -2.54. The Bertz CT molecular complexity index is 1040. The van der Waals surface area contributed by atoms with Gasteiger partial charge >= 0.3 is 0 Å². The zero-order valence-corrected chi connectivity index (χ0v) is 17.6. The largest absolute Gasteiger partial charge is 0.493 e. The molecule has 1 aliphatic rings. The molecule has 156 valence electrons. The van der Waals surface area contributed by atoms with Crippen molar-refractivity contribution in [2.45, 2.75) is 26.4 Å². The number of ether oxygens (including phenoxy) is 2. The molecule has 1 aliphatic heterocycles. The first kappa shape index (κ1) is 21.4. The Morgan fingerprint density at radius 2 is 1.97 bits per heavy atom. The number of nitrogens with zero attached hydrogens (tertiary/aromatic N) is 1. The number of benzene rings is 2. The fourth-order valence-electron chi connectivity index (χ4n) is 2.88. The Hall–Kier alpha value is -3.26. The number of halogens is 1. The summed E-state index contributed by atoms with van der Waals surface area (Å²) in [5, 5.41) is 2.37. The molecule has 1 saturated heterocycles. The van der Waals surface area contributed by atoms with Crippen molar-refractivity contribution in [3.63, 3.8) is 0 Å². The van der Waals surface area contributed by atoms with Crippen molar-refractivity contribution in [2.75, 3.05) is 12.0 Å². The van der Waals surface area contributed by atoms with E-state index in [0.717, 1.165) is 11.3 Å². The highest BCUT2D eigenvalue weighted by molar-refractivity contribution is 7.80. The molecule has 6 nitrogen and oxygen atoms in total. The number of carbonyl (C=O) groups is 2. The van der Waals surface area contributed by atoms with E-state index in [0.29, 0.717) is 17.1 Å². The van der Waals surface area contributed by atoms with Crippen molar-refractivity contribution >= 4 is 40.9 Å². The molecule has 0 bridgehead atoms. The number of hydrogen-bond donors (Lipinski definition) is 1. The number of anilines is 1. The van der Waals surface area contributed by atoms with Gasteiger partial charge in [0, 0.05) is 5.56 Å². The molecular weight excluding hydrogens is 407 g/mol. The monoisotopic (exact) mass is 428 g/mol. The van der Waals surface area contributed by atoms with Crippen LogP contribution in [-0.4, -0.2) is 30.1 Å². The quantitative estimate of drug-likeness (QED) is 0.430. The van der Waals surface area contributed by atoms with Crippen molar-refractivity contribution < 1.29 is 23.5 Å². The molecule has 0 aliphatic carbocycles. The molecule has 1 N–H and O–H groups in total. The second-order valence-electron chi connectivity index (χ2n) is 6.65. The maximum atomic E-state index is 13.7. The number of carbonyl (C=O) groups excluding carboxylic acids is 2. The second-order valence-corrected chi connectivity index (χ2v) is 7.04. The first-order valence-corrected chi connectivity index (χ1v) is 9.77. The molecule has 0 aromatic heterocycles. The summed E-state index contributed by atoms with van der Waals surface area (Å²) in [4.78, 5) is 26.8. The van der Waals surface area contributed by atoms with Gasteiger partial charge in [-0.2, -0.15) is 0 Å². The second kappa shape index (κ2) is 9.04. The highest BCUT2D eigenvalue weighted by atomic mass is 32.1. The van der Waals surface area contributed by atoms with Gasteiger partial charge in [-0.1, -0.05) is 25.1 Å². The molecule has 0 saturated carbocycles. The van der Waals surface area contributed by atoms with E-state index in [9.17, 15) is 14.0 Å². The van der Waals surface area contributed by atoms with Crippen molar-refractivity contribution in [2.24, 2.45) is 0 Å². The van der Waals surface area contributed by atoms with Crippen LogP contribution in [0.15, 0.2) is 48.0 Å². The molecule has 2 aromatic carbocycles. The molecular formula is C22H21FN2O4S. The SMILES string of the molecule is CCC(C)Oc1c(C=C2C(=O)NC(=S)N(c3cccc(F)c3)C2=O)cccc1OC. The number of amides is 2. The van der Waals surface area contributed by atoms with Gasteiger partial charge in [-0.3, -0.25) is 19.8 Å². The fraction of sp³-hybridized carbons (Fsp3) is 0.227. The number of rotatable bonds is 6. The van der Waals surface area contributed by atoms with Gasteiger partial charge in [0.05, 0.1) is 18.9 Å². The summed E-state index contributed by atoms with van der Waals surface area (Å²) < 4.78 is 25.0. The van der Waals surface area contributed by atoms with E-state index in [4.69, 9.17) is 21.7 Å². The van der Waals surface area contributed by atoms with E-state index < -0.39 is 17.6 Å². The third-order valence-electron chi connectivity index (χ3n) is 4.59. The maximum absolute atomic E-state index is 13.7. The minimum atomic E-state index is -0.661. The topological polar surface area (TPSA) is 67.9 Å². The standard InChI is InChI=1S/C22H21FN2O4S/c1-4-13(2)29-19-14(7-5-10-18(19)28-3)11-17-20(26)24-22(30)25(21(17)27)16-9-6-8-15(23)12-16/h5-13H,4H2,1-3H3,(H,24,26,30). The van der Waals surface area contributed by atoms with Gasteiger partial charge in [0.1, 0.15) is 11.4 Å². The minimum Gasteiger partial charge on any atom is -0.493 e. The third-order valence-corrected chi connectivity index (χ3v) is 4.88. The Morgan fingerprint density at radius 1 is 1.23 bits per heavy atom. The average Bonchev–Trinajstić information content (AvgIpc) is 2.71. The Morgan fingerprint density at radius 3 is 2.63 bits per heavy atom. The van der Waals surface area contributed by atoms with Crippen LogP contribution >= 0.6 is 12.2 Å². The third kappa shape index (κ3) is 4.33. The predicted molar refractivity (Wildman–Crippen MR) is 116 cm³/mol. The van der Waals surface area contributed by atoms with Crippen molar-refractivity contribution in [3.8, 4) is 11.5 Å². The Kier molecular flexibility index (Phi) is 6.47. The van der Waals surface area contributed by atoms with Gasteiger partial charge in [0.15, 0.2) is 16.6 Å². The molecule has 0 radical (unpaired) electrons. The zero-order valence-electron chi connectivity index (χ0n) is 16.8. The van der Waals surface area contributed by atoms with Crippen LogP contribution in [0, 0.1) is 5.82 Å².